The normalized spacial score (nSPS) is 19.7. The summed E-state index contributed by atoms with van der Waals surface area (Å²) in [6, 6.07) is 9.98. The summed E-state index contributed by atoms with van der Waals surface area (Å²) in [6.45, 7) is 17.7. The molecule has 77 heavy (non-hydrogen) atoms. The molecule has 1 unspecified atom stereocenters. The van der Waals surface area contributed by atoms with Gasteiger partial charge < -0.3 is 40.6 Å². The van der Waals surface area contributed by atoms with Crippen molar-refractivity contribution in [2.24, 2.45) is 16.8 Å². The number of likely N-dealkylation sites (N-methyl/N-ethyl adjacent to an activating group) is 1. The first kappa shape index (κ1) is 56.6. The lowest BCUT2D eigenvalue weighted by atomic mass is 9.79. The minimum absolute atomic E-state index is 0.0166. The lowest BCUT2D eigenvalue weighted by Gasteiger charge is -2.38. The Balaban J connectivity index is 0.761. The van der Waals surface area contributed by atoms with Gasteiger partial charge in [-0.2, -0.15) is 4.68 Å². The number of nitrogen functional groups attached to an aromatic ring is 1. The second-order valence-electron chi connectivity index (χ2n) is 21.0. The zero-order chi connectivity index (χ0) is 54.8. The molecule has 2 aromatic heterocycles. The van der Waals surface area contributed by atoms with Crippen molar-refractivity contribution in [2.45, 2.75) is 135 Å². The van der Waals surface area contributed by atoms with Crippen LogP contribution >= 0.6 is 11.8 Å². The number of Topliss-reactive ketones (excluding diaryl/α,β-unsaturated/α-hetero) is 2. The fraction of sp³-hybridized carbons (Fsp3) is 0.544. The number of ketones is 2. The van der Waals surface area contributed by atoms with Gasteiger partial charge in [-0.25, -0.2) is 14.4 Å². The number of aliphatic imine (C=N–C) groups is 1. The maximum atomic E-state index is 14.6. The highest BCUT2D eigenvalue weighted by Gasteiger charge is 2.43. The van der Waals surface area contributed by atoms with E-state index in [0.717, 1.165) is 94.4 Å². The van der Waals surface area contributed by atoms with Crippen molar-refractivity contribution in [3.8, 4) is 17.1 Å². The molecular weight excluding hydrogens is 1000 g/mol. The highest BCUT2D eigenvalue weighted by Crippen LogP contribution is 2.39. The van der Waals surface area contributed by atoms with Crippen LogP contribution in [0.1, 0.15) is 135 Å². The molecule has 0 saturated carbocycles. The molecule has 2 saturated heterocycles. The number of likely N-dealkylation sites (tertiary alicyclic amines) is 2. The summed E-state index contributed by atoms with van der Waals surface area (Å²) in [5.41, 5.74) is 9.99. The maximum Gasteiger partial charge on any atom is 0.262 e. The largest absolute Gasteiger partial charge is 0.467 e. The van der Waals surface area contributed by atoms with Crippen LogP contribution in [0.15, 0.2) is 53.7 Å². The number of rotatable bonds is 21. The van der Waals surface area contributed by atoms with E-state index in [9.17, 15) is 28.4 Å². The SMILES string of the molecule is [C-]#[N+]c1c2c(nn1CCNC(=O)CCCCCCCCN1CCC([C@H](CC(=O)[C@H](C)NC)C(=O)N3CCC[C@H]3C3=NC(C(=O)c4ccc(F)cc4)CS3)CC1)CN(C)C(=O)c1ccc(C)cc1[C@@H](C)Oc1nc-2cnc1N. The summed E-state index contributed by atoms with van der Waals surface area (Å²) < 4.78 is 21.3. The van der Waals surface area contributed by atoms with Crippen LogP contribution in [0.4, 0.5) is 16.0 Å². The number of aromatic nitrogens is 4. The Morgan fingerprint density at radius 3 is 2.48 bits per heavy atom. The summed E-state index contributed by atoms with van der Waals surface area (Å²) >= 11 is 1.52. The lowest BCUT2D eigenvalue weighted by molar-refractivity contribution is -0.141. The van der Waals surface area contributed by atoms with E-state index in [0.29, 0.717) is 52.4 Å². The number of fused-ring (bicyclic) bond motifs is 5. The van der Waals surface area contributed by atoms with Crippen LogP contribution in [0.2, 0.25) is 0 Å². The van der Waals surface area contributed by atoms with Crippen LogP contribution in [0.5, 0.6) is 5.88 Å². The molecule has 4 N–H and O–H groups in total. The number of ether oxygens (including phenoxy) is 1. The molecule has 4 aliphatic rings. The van der Waals surface area contributed by atoms with Gasteiger partial charge in [0, 0.05) is 54.8 Å². The summed E-state index contributed by atoms with van der Waals surface area (Å²) in [7, 11) is 3.46. The smallest absolute Gasteiger partial charge is 0.262 e. The number of carbonyl (C=O) groups is 5. The predicted molar refractivity (Wildman–Crippen MR) is 295 cm³/mol. The monoisotopic (exact) mass is 1070 g/mol. The van der Waals surface area contributed by atoms with Gasteiger partial charge in [0.25, 0.3) is 17.6 Å². The Morgan fingerprint density at radius 2 is 1.74 bits per heavy atom. The third-order valence-electron chi connectivity index (χ3n) is 15.6. The summed E-state index contributed by atoms with van der Waals surface area (Å²) in [5.74, 6) is -0.267. The van der Waals surface area contributed by atoms with E-state index in [4.69, 9.17) is 32.1 Å². The number of anilines is 1. The van der Waals surface area contributed by atoms with Crippen LogP contribution in [-0.4, -0.2) is 139 Å². The number of nitrogens with zero attached hydrogens (tertiary/aromatic N) is 9. The van der Waals surface area contributed by atoms with E-state index in [-0.39, 0.29) is 90.9 Å². The zero-order valence-electron chi connectivity index (χ0n) is 45.1. The summed E-state index contributed by atoms with van der Waals surface area (Å²) in [5, 5.41) is 11.6. The third kappa shape index (κ3) is 13.8. The molecule has 2 bridgehead atoms. The average Bonchev–Trinajstić information content (AvgIpc) is 4.25. The van der Waals surface area contributed by atoms with Crippen LogP contribution in [0.3, 0.4) is 0 Å². The van der Waals surface area contributed by atoms with Gasteiger partial charge in [-0.3, -0.25) is 29.0 Å². The summed E-state index contributed by atoms with van der Waals surface area (Å²) in [4.78, 5) is 91.7. The van der Waals surface area contributed by atoms with Gasteiger partial charge >= 0.3 is 0 Å². The number of piperidine rings is 1. The minimum atomic E-state index is -0.575. The number of amides is 3. The third-order valence-corrected chi connectivity index (χ3v) is 16.7. The molecule has 2 aromatic carbocycles. The Bertz CT molecular complexity index is 2860. The molecule has 0 aliphatic carbocycles. The van der Waals surface area contributed by atoms with Gasteiger partial charge in [-0.05, 0) is 122 Å². The molecule has 0 spiro atoms. The van der Waals surface area contributed by atoms with Gasteiger partial charge in [0.05, 0.1) is 47.7 Å². The van der Waals surface area contributed by atoms with Gasteiger partial charge in [-0.1, -0.05) is 50.0 Å². The van der Waals surface area contributed by atoms with Gasteiger partial charge in [0.1, 0.15) is 36.0 Å². The number of hydrogen-bond acceptors (Lipinski definition) is 14. The maximum absolute atomic E-state index is 14.6. The quantitative estimate of drug-likeness (QED) is 0.0414. The van der Waals surface area contributed by atoms with E-state index >= 15 is 0 Å². The molecule has 3 amide bonds. The molecule has 0 radical (unpaired) electrons. The number of carbonyl (C=O) groups excluding carboxylic acids is 5. The van der Waals surface area contributed by atoms with Crippen molar-refractivity contribution in [1.29, 1.82) is 0 Å². The number of benzene rings is 2. The van der Waals surface area contributed by atoms with Crippen molar-refractivity contribution in [2.75, 3.05) is 58.3 Å². The Labute approximate surface area is 455 Å². The van der Waals surface area contributed by atoms with Gasteiger partial charge in [-0.15, -0.1) is 16.9 Å². The Kier molecular flexibility index (Phi) is 19.3. The van der Waals surface area contributed by atoms with Crippen molar-refractivity contribution >= 4 is 57.7 Å². The number of halogens is 1. The molecule has 20 heteroatoms. The first-order chi connectivity index (χ1) is 37.1. The van der Waals surface area contributed by atoms with Gasteiger partial charge in [0.15, 0.2) is 11.6 Å². The molecule has 6 heterocycles. The van der Waals surface area contributed by atoms with Crippen molar-refractivity contribution in [1.82, 2.24) is 45.1 Å². The number of nitrogens with one attached hydrogen (secondary N) is 2. The number of hydrogen-bond donors (Lipinski definition) is 3. The van der Waals surface area contributed by atoms with Crippen LogP contribution in [0.25, 0.3) is 16.1 Å². The molecule has 8 rings (SSSR count). The first-order valence-corrected chi connectivity index (χ1v) is 28.2. The van der Waals surface area contributed by atoms with Crippen molar-refractivity contribution in [3.05, 3.63) is 93.8 Å². The van der Waals surface area contributed by atoms with Crippen molar-refractivity contribution in [3.63, 3.8) is 0 Å². The molecule has 4 aromatic rings. The second-order valence-corrected chi connectivity index (χ2v) is 22.0. The van der Waals surface area contributed by atoms with E-state index in [2.05, 4.69) is 25.4 Å². The highest BCUT2D eigenvalue weighted by molar-refractivity contribution is 8.14. The fourth-order valence-electron chi connectivity index (χ4n) is 11.0. The van der Waals surface area contributed by atoms with E-state index in [1.807, 2.05) is 37.8 Å². The van der Waals surface area contributed by atoms with Crippen LogP contribution in [-0.2, 0) is 27.5 Å². The highest BCUT2D eigenvalue weighted by atomic mass is 32.2. The number of aryl methyl sites for hydroxylation is 1. The molecular formula is C57H73FN12O6S. The standard InChI is InChI=1S/C57H73FN12O6S/c1-35-16-21-41-42(30-35)37(3)76-54-52(59)63-32-44(64-54)50-45(33-67(6)56(41)74)66-70(53(50)61-5)29-24-62-49(72)15-11-9-7-8-10-12-25-68-27-22-38(23-28-68)43(31-48(71)36(2)60-4)57(75)69-26-13-14-47(69)55-65-46(34-77-55)51(73)39-17-19-40(58)20-18-39/h16-21,30,32,36-38,43,46-47,60H,7-15,22-29,31,33-34H2,1-4,6H3,(H2,59,63)(H,62,72)/t36-,37+,43-,46?,47-/m0/s1. The zero-order valence-corrected chi connectivity index (χ0v) is 45.9. The van der Waals surface area contributed by atoms with E-state index in [1.165, 1.54) is 42.2 Å². The van der Waals surface area contributed by atoms with Crippen LogP contribution in [0, 0.1) is 31.1 Å². The molecule has 4 aliphatic heterocycles. The Morgan fingerprint density at radius 1 is 1.00 bits per heavy atom. The lowest BCUT2D eigenvalue weighted by Crippen LogP contribution is -2.48. The molecule has 5 atom stereocenters. The topological polar surface area (TPSA) is 215 Å². The number of unbranched alkanes of at least 4 members (excludes halogenated alkanes) is 5. The van der Waals surface area contributed by atoms with E-state index < -0.39 is 23.9 Å². The second kappa shape index (κ2) is 26.2. The predicted octanol–water partition coefficient (Wildman–Crippen LogP) is 7.78. The molecule has 18 nitrogen and oxygen atoms in total. The minimum Gasteiger partial charge on any atom is -0.467 e. The molecule has 2 fully saturated rings. The number of nitrogens with two attached hydrogens (primary N) is 1. The van der Waals surface area contributed by atoms with E-state index in [1.54, 1.807) is 29.7 Å². The van der Waals surface area contributed by atoms with Crippen molar-refractivity contribution < 1.29 is 33.1 Å². The Hall–Kier alpha value is -6.56. The number of thioether (sulfide) groups is 1. The average molecular weight is 1070 g/mol. The fourth-order valence-corrected chi connectivity index (χ4v) is 12.2. The first-order valence-electron chi connectivity index (χ1n) is 27.3. The summed E-state index contributed by atoms with van der Waals surface area (Å²) in [6.07, 6.45) is 10.7. The molecule has 410 valence electrons. The van der Waals surface area contributed by atoms with Gasteiger partial charge in [0.2, 0.25) is 11.8 Å². The van der Waals surface area contributed by atoms with Crippen LogP contribution < -0.4 is 21.1 Å².